The lowest BCUT2D eigenvalue weighted by Crippen LogP contribution is -2.65. The number of para-hydroxylation sites is 1. The van der Waals surface area contributed by atoms with Crippen LogP contribution in [0, 0.1) is 5.92 Å². The lowest BCUT2D eigenvalue weighted by atomic mass is 9.74. The van der Waals surface area contributed by atoms with Crippen molar-refractivity contribution in [3.63, 3.8) is 0 Å². The summed E-state index contributed by atoms with van der Waals surface area (Å²) in [6, 6.07) is 7.52. The van der Waals surface area contributed by atoms with Gasteiger partial charge < -0.3 is 9.84 Å². The number of fused-ring (bicyclic) bond motifs is 2. The highest BCUT2D eigenvalue weighted by atomic mass is 16.8. The Morgan fingerprint density at radius 3 is 2.80 bits per heavy atom. The van der Waals surface area contributed by atoms with Crippen molar-refractivity contribution in [1.82, 2.24) is 10.4 Å². The number of phenols is 1. The molecule has 5 nitrogen and oxygen atoms in total. The summed E-state index contributed by atoms with van der Waals surface area (Å²) >= 11 is 0. The Morgan fingerprint density at radius 2 is 2.10 bits per heavy atom. The van der Waals surface area contributed by atoms with Gasteiger partial charge in [-0.05, 0) is 32.0 Å². The minimum atomic E-state index is -0.580. The van der Waals surface area contributed by atoms with E-state index in [4.69, 9.17) is 9.57 Å². The smallest absolute Gasteiger partial charge is 0.207 e. The van der Waals surface area contributed by atoms with Gasteiger partial charge in [0, 0.05) is 18.6 Å². The van der Waals surface area contributed by atoms with Crippen LogP contribution in [0.15, 0.2) is 24.3 Å². The molecule has 3 atom stereocenters. The van der Waals surface area contributed by atoms with Gasteiger partial charge in [-0.15, -0.1) is 0 Å². The number of phenolic OH excluding ortho intramolecular Hbond substituents is 1. The van der Waals surface area contributed by atoms with Crippen molar-refractivity contribution in [2.45, 2.75) is 30.7 Å². The van der Waals surface area contributed by atoms with E-state index in [1.165, 1.54) is 0 Å². The first kappa shape index (κ1) is 12.6. The Hall–Kier alpha value is -1.14. The molecule has 1 aromatic rings. The van der Waals surface area contributed by atoms with Crippen LogP contribution in [-0.4, -0.2) is 42.0 Å². The van der Waals surface area contributed by atoms with Gasteiger partial charge in [-0.3, -0.25) is 9.74 Å². The number of hydrogen-bond donors (Lipinski definition) is 2. The topological polar surface area (TPSA) is 54.0 Å². The molecule has 5 heteroatoms. The lowest BCUT2D eigenvalue weighted by molar-refractivity contribution is -0.298. The molecule has 2 N–H and O–H groups in total. The Bertz CT molecular complexity index is 516. The van der Waals surface area contributed by atoms with Gasteiger partial charge in [-0.1, -0.05) is 18.2 Å². The number of nitrogens with zero attached hydrogens (tertiary/aromatic N) is 1. The molecule has 2 bridgehead atoms. The molecule has 0 unspecified atom stereocenters. The van der Waals surface area contributed by atoms with Crippen LogP contribution in [0.3, 0.4) is 0 Å². The number of nitrogens with one attached hydrogen (secondary N) is 1. The van der Waals surface area contributed by atoms with Gasteiger partial charge in [0.2, 0.25) is 5.79 Å². The van der Waals surface area contributed by atoms with Crippen LogP contribution in [-0.2, 0) is 9.57 Å². The maximum Gasteiger partial charge on any atom is 0.207 e. The summed E-state index contributed by atoms with van der Waals surface area (Å²) in [5.41, 5.74) is 4.00. The van der Waals surface area contributed by atoms with Gasteiger partial charge in [-0.2, -0.15) is 5.48 Å². The van der Waals surface area contributed by atoms with Crippen molar-refractivity contribution in [2.75, 3.05) is 20.2 Å². The second-order valence-corrected chi connectivity index (χ2v) is 5.94. The molecular weight excluding hydrogens is 256 g/mol. The molecule has 20 heavy (non-hydrogen) atoms. The van der Waals surface area contributed by atoms with Crippen molar-refractivity contribution in [2.24, 2.45) is 5.92 Å². The Kier molecular flexibility index (Phi) is 2.79. The molecule has 0 aromatic heterocycles. The number of rotatable bonds is 2. The van der Waals surface area contributed by atoms with E-state index < -0.39 is 5.79 Å². The fourth-order valence-electron chi connectivity index (χ4n) is 4.20. The van der Waals surface area contributed by atoms with Crippen LogP contribution in [0.5, 0.6) is 5.75 Å². The summed E-state index contributed by atoms with van der Waals surface area (Å²) in [5.74, 6) is 0.151. The number of benzene rings is 1. The molecule has 0 saturated carbocycles. The summed E-state index contributed by atoms with van der Waals surface area (Å²) < 4.78 is 5.82. The average Bonchev–Trinajstić information content (AvgIpc) is 2.92. The fourth-order valence-corrected chi connectivity index (χ4v) is 4.20. The monoisotopic (exact) mass is 276 g/mol. The van der Waals surface area contributed by atoms with Gasteiger partial charge in [-0.25, -0.2) is 0 Å². The Labute approximate surface area is 118 Å². The predicted molar refractivity (Wildman–Crippen MR) is 72.9 cm³/mol. The highest BCUT2D eigenvalue weighted by Gasteiger charge is 2.63. The van der Waals surface area contributed by atoms with Crippen LogP contribution < -0.4 is 5.48 Å². The standard InChI is InChI=1S/C15H20N2O3/c1-19-15-10-6-8-17(9-7-10)14(15)13(16-20-15)11-4-2-3-5-12(11)18/h2-5,10,13-14,16,18H,6-9H2,1H3/t13-,14+,15+/m0/s1. The number of piperidine rings is 3. The molecule has 0 radical (unpaired) electrons. The summed E-state index contributed by atoms with van der Waals surface area (Å²) in [6.45, 7) is 2.16. The molecule has 4 aliphatic heterocycles. The fraction of sp³-hybridized carbons (Fsp3) is 0.600. The minimum absolute atomic E-state index is 0.0563. The maximum absolute atomic E-state index is 10.1. The average molecular weight is 276 g/mol. The third-order valence-corrected chi connectivity index (χ3v) is 5.16. The van der Waals surface area contributed by atoms with E-state index in [9.17, 15) is 5.11 Å². The summed E-state index contributed by atoms with van der Waals surface area (Å²) in [6.07, 6.45) is 2.22. The Balaban J connectivity index is 1.76. The Morgan fingerprint density at radius 1 is 1.35 bits per heavy atom. The SMILES string of the molecule is CO[C@]12ON[C@@H](c3ccccc3O)[C@H]1N1CCC2CC1. The third kappa shape index (κ3) is 1.52. The summed E-state index contributed by atoms with van der Waals surface area (Å²) in [7, 11) is 1.73. The second-order valence-electron chi connectivity index (χ2n) is 5.94. The van der Waals surface area contributed by atoms with E-state index in [0.29, 0.717) is 11.7 Å². The van der Waals surface area contributed by atoms with E-state index in [1.807, 2.05) is 18.2 Å². The van der Waals surface area contributed by atoms with E-state index in [0.717, 1.165) is 31.5 Å². The third-order valence-electron chi connectivity index (χ3n) is 5.16. The van der Waals surface area contributed by atoms with E-state index in [1.54, 1.807) is 13.2 Å². The first-order valence-corrected chi connectivity index (χ1v) is 7.27. The number of hydrogen-bond acceptors (Lipinski definition) is 5. The summed E-state index contributed by atoms with van der Waals surface area (Å²) in [5, 5.41) is 10.1. The van der Waals surface area contributed by atoms with E-state index >= 15 is 0 Å². The lowest BCUT2D eigenvalue weighted by Gasteiger charge is -2.53. The molecule has 4 saturated heterocycles. The predicted octanol–water partition coefficient (Wildman–Crippen LogP) is 1.41. The zero-order chi connectivity index (χ0) is 13.7. The molecule has 0 spiro atoms. The van der Waals surface area contributed by atoms with Crippen molar-refractivity contribution in [3.8, 4) is 5.75 Å². The van der Waals surface area contributed by atoms with Crippen molar-refractivity contribution < 1.29 is 14.7 Å². The van der Waals surface area contributed by atoms with E-state index in [-0.39, 0.29) is 12.1 Å². The molecule has 4 heterocycles. The van der Waals surface area contributed by atoms with Crippen molar-refractivity contribution in [3.05, 3.63) is 29.8 Å². The van der Waals surface area contributed by atoms with Crippen LogP contribution in [0.2, 0.25) is 0 Å². The first-order chi connectivity index (χ1) is 9.76. The first-order valence-electron chi connectivity index (χ1n) is 7.27. The molecular formula is C15H20N2O3. The van der Waals surface area contributed by atoms with Crippen LogP contribution in [0.1, 0.15) is 24.4 Å². The minimum Gasteiger partial charge on any atom is -0.508 e. The summed E-state index contributed by atoms with van der Waals surface area (Å²) in [4.78, 5) is 8.36. The van der Waals surface area contributed by atoms with E-state index in [2.05, 4.69) is 10.4 Å². The van der Waals surface area contributed by atoms with Crippen molar-refractivity contribution in [1.29, 1.82) is 0 Å². The quantitative estimate of drug-likeness (QED) is 0.855. The molecule has 108 valence electrons. The van der Waals surface area contributed by atoms with Crippen molar-refractivity contribution >= 4 is 0 Å². The van der Waals surface area contributed by atoms with Gasteiger partial charge in [0.05, 0.1) is 12.1 Å². The van der Waals surface area contributed by atoms with Gasteiger partial charge in [0.1, 0.15) is 5.75 Å². The van der Waals surface area contributed by atoms with Gasteiger partial charge >= 0.3 is 0 Å². The van der Waals surface area contributed by atoms with Crippen LogP contribution >= 0.6 is 0 Å². The second kappa shape index (κ2) is 4.43. The zero-order valence-electron chi connectivity index (χ0n) is 11.6. The number of ether oxygens (including phenoxy) is 1. The highest BCUT2D eigenvalue weighted by molar-refractivity contribution is 5.37. The molecule has 0 amide bonds. The number of hydroxylamine groups is 1. The molecule has 4 aliphatic rings. The molecule has 5 rings (SSSR count). The van der Waals surface area contributed by atoms with Crippen LogP contribution in [0.25, 0.3) is 0 Å². The molecule has 4 fully saturated rings. The molecule has 0 aliphatic carbocycles. The zero-order valence-corrected chi connectivity index (χ0v) is 11.6. The molecule has 1 aromatic carbocycles. The maximum atomic E-state index is 10.1. The van der Waals surface area contributed by atoms with Gasteiger partial charge in [0.15, 0.2) is 0 Å². The number of methoxy groups -OCH3 is 1. The van der Waals surface area contributed by atoms with Gasteiger partial charge in [0.25, 0.3) is 0 Å². The highest BCUT2D eigenvalue weighted by Crippen LogP contribution is 2.51. The number of aromatic hydroxyl groups is 1. The largest absolute Gasteiger partial charge is 0.508 e. The van der Waals surface area contributed by atoms with Crippen LogP contribution in [0.4, 0.5) is 0 Å². The normalized spacial score (nSPS) is 42.6.